The molecule has 0 aliphatic carbocycles. The van der Waals surface area contributed by atoms with Gasteiger partial charge in [0.15, 0.2) is 0 Å². The lowest BCUT2D eigenvalue weighted by atomic mass is 9.81. The molecule has 0 unspecified atom stereocenters. The van der Waals surface area contributed by atoms with Gasteiger partial charge in [-0.3, -0.25) is 4.79 Å². The fraction of sp³-hybridized carbons (Fsp3) is 0.297. The van der Waals surface area contributed by atoms with Gasteiger partial charge in [0, 0.05) is 87.8 Å². The van der Waals surface area contributed by atoms with Gasteiger partial charge in [-0.1, -0.05) is 202 Å². The van der Waals surface area contributed by atoms with Crippen LogP contribution in [0.2, 0.25) is 5.02 Å². The van der Waals surface area contributed by atoms with Crippen molar-refractivity contribution >= 4 is 72.0 Å². The fourth-order valence-corrected chi connectivity index (χ4v) is 14.9. The quantitative estimate of drug-likeness (QED) is 0.0683. The first-order valence-corrected chi connectivity index (χ1v) is 39.7. The number of hydrogen-bond donors (Lipinski definition) is 6. The number of halogens is 1. The van der Waals surface area contributed by atoms with Crippen molar-refractivity contribution in [3.05, 3.63) is 281 Å². The van der Waals surface area contributed by atoms with Crippen LogP contribution in [0.1, 0.15) is 167 Å². The van der Waals surface area contributed by atoms with Crippen molar-refractivity contribution in [2.45, 2.75) is 151 Å². The zero-order valence-corrected chi connectivity index (χ0v) is 71.2. The number of carbonyl (C=O) groups is 1. The van der Waals surface area contributed by atoms with Crippen molar-refractivity contribution < 1.29 is 19.0 Å². The molecule has 11 nitrogen and oxygen atoms in total. The molecule has 5 heterocycles. The first-order valence-electron chi connectivity index (χ1n) is 39.4. The Hall–Kier alpha value is -11.0. The van der Waals surface area contributed by atoms with Crippen LogP contribution >= 0.6 is 11.6 Å². The number of rotatable bonds is 13. The van der Waals surface area contributed by atoms with E-state index in [4.69, 9.17) is 25.8 Å². The summed E-state index contributed by atoms with van der Waals surface area (Å²) in [4.78, 5) is 30.9. The summed E-state index contributed by atoms with van der Waals surface area (Å²) in [6.07, 6.45) is 9.94. The molecule has 12 heteroatoms. The summed E-state index contributed by atoms with van der Waals surface area (Å²) in [7, 11) is 9.07. The highest BCUT2D eigenvalue weighted by Crippen LogP contribution is 2.47. The Morgan fingerprint density at radius 2 is 0.708 bits per heavy atom. The first-order chi connectivity index (χ1) is 53.5. The lowest BCUT2D eigenvalue weighted by Crippen LogP contribution is -2.31. The molecular weight excluding hydrogens is 1410 g/mol. The minimum atomic E-state index is -0.0273. The minimum absolute atomic E-state index is 0.000494. The SMILES string of the molecule is CC(C)(C)c1cc2[nH]ccc2cc1-c1ccccc1.CC(C)c1ccc(-c2cc3cc[nH]c3cc2C(C)(C)C)cc1.CN(C)CCNC(=O)c1ccc(-c2cc3cc[nH]c3cc2C(C)(C)C)cc1.COc1cc(Cl)ccc1-c1cc2cc[nH]c2cc1C(C)(C)C.COc1cccc(OC)c1-c1cc2cc[nH]c2cc1C(C)(C)C. The fourth-order valence-electron chi connectivity index (χ4n) is 14.7. The number of benzene rings is 10. The first kappa shape index (κ1) is 83.0. The Morgan fingerprint density at radius 3 is 1.06 bits per heavy atom. The number of nitrogens with zero attached hydrogens (tertiary/aromatic N) is 1. The number of aromatic amines is 5. The molecule has 0 saturated heterocycles. The van der Waals surface area contributed by atoms with E-state index in [-0.39, 0.29) is 33.0 Å². The van der Waals surface area contributed by atoms with Crippen molar-refractivity contribution in [3.8, 4) is 72.9 Å². The van der Waals surface area contributed by atoms with Crippen molar-refractivity contribution in [2.75, 3.05) is 48.5 Å². The van der Waals surface area contributed by atoms with E-state index in [0.717, 1.165) is 62.6 Å². The number of fused-ring (bicyclic) bond motifs is 5. The average Bonchev–Trinajstić information content (AvgIpc) is 1.71. The number of hydrogen-bond acceptors (Lipinski definition) is 5. The van der Waals surface area contributed by atoms with Crippen LogP contribution in [0.5, 0.6) is 17.2 Å². The summed E-state index contributed by atoms with van der Waals surface area (Å²) < 4.78 is 16.8. The maximum Gasteiger partial charge on any atom is 0.251 e. The summed E-state index contributed by atoms with van der Waals surface area (Å²) in [5.74, 6) is 2.99. The average molecular weight is 1530 g/mol. The Bertz CT molecular complexity index is 5710. The summed E-state index contributed by atoms with van der Waals surface area (Å²) >= 11 is 6.11. The van der Waals surface area contributed by atoms with E-state index in [1.807, 2.05) is 106 Å². The Balaban J connectivity index is 0.000000140. The zero-order valence-electron chi connectivity index (χ0n) is 70.5. The lowest BCUT2D eigenvalue weighted by molar-refractivity contribution is 0.0951. The number of ether oxygens (including phenoxy) is 3. The largest absolute Gasteiger partial charge is 0.496 e. The normalized spacial score (nSPS) is 11.9. The van der Waals surface area contributed by atoms with E-state index < -0.39 is 0 Å². The van der Waals surface area contributed by atoms with Gasteiger partial charge in [-0.25, -0.2) is 0 Å². The monoisotopic (exact) mass is 1530 g/mol. The third-order valence-corrected chi connectivity index (χ3v) is 21.2. The molecule has 586 valence electrons. The van der Waals surface area contributed by atoms with E-state index in [9.17, 15) is 4.79 Å². The van der Waals surface area contributed by atoms with E-state index >= 15 is 0 Å². The molecular formula is C101H116ClN7O4. The number of H-pyrrole nitrogens is 5. The molecule has 0 aliphatic rings. The van der Waals surface area contributed by atoms with E-state index in [0.29, 0.717) is 23.0 Å². The molecule has 10 aromatic carbocycles. The summed E-state index contributed by atoms with van der Waals surface area (Å²) in [5.41, 5.74) is 26.9. The number of carbonyl (C=O) groups excluding carboxylic acids is 1. The maximum atomic E-state index is 12.3. The van der Waals surface area contributed by atoms with Crippen LogP contribution in [0.15, 0.2) is 237 Å². The smallest absolute Gasteiger partial charge is 0.251 e. The highest BCUT2D eigenvalue weighted by Gasteiger charge is 2.28. The van der Waals surface area contributed by atoms with E-state index in [2.05, 4.69) is 298 Å². The van der Waals surface area contributed by atoms with Crippen LogP contribution in [0.4, 0.5) is 0 Å². The molecule has 1 amide bonds. The molecule has 0 saturated carbocycles. The van der Waals surface area contributed by atoms with Crippen molar-refractivity contribution in [1.29, 1.82) is 0 Å². The van der Waals surface area contributed by atoms with Crippen LogP contribution in [0.3, 0.4) is 0 Å². The topological polar surface area (TPSA) is 139 Å². The standard InChI is InChI=1S/C23H29N3O.C21H25N.C20H23NO2.C19H20ClNO.C18H19N/c1-23(2,3)20-15-21-18(10-11-24-21)14-19(20)16-6-8-17(9-7-16)22(27)25-12-13-26(4)5;1-14(2)15-6-8-16(9-7-15)18-12-17-10-11-22-20(17)13-19(18)21(3,4)5;1-20(2,3)15-12-16-13(9-10-21-16)11-14(15)19-17(22-4)7-6-8-18(19)23-5;1-19(2,3)16-11-17-12(7-8-21-17)9-15(16)14-6-5-13(20)10-18(14)22-4;1-18(2,3)16-12-17-14(9-10-19-17)11-15(16)13-7-5-4-6-8-13/h6-11,14-15,24H,12-13H2,1-5H3,(H,25,27);6-14,22H,1-5H3;6-12,21H,1-5H3;5-11,21H,1-4H3;4-12,19H,1-3H3. The number of amides is 1. The Labute approximate surface area is 675 Å². The predicted molar refractivity (Wildman–Crippen MR) is 482 cm³/mol. The molecule has 15 rings (SSSR count). The molecule has 6 N–H and O–H groups in total. The van der Waals surface area contributed by atoms with Crippen molar-refractivity contribution in [3.63, 3.8) is 0 Å². The Morgan fingerprint density at radius 1 is 0.372 bits per heavy atom. The lowest BCUT2D eigenvalue weighted by Gasteiger charge is -2.25. The van der Waals surface area contributed by atoms with Gasteiger partial charge in [0.2, 0.25) is 0 Å². The van der Waals surface area contributed by atoms with Gasteiger partial charge in [-0.2, -0.15) is 0 Å². The van der Waals surface area contributed by atoms with E-state index in [1.54, 1.807) is 21.3 Å². The molecule has 0 fully saturated rings. The molecule has 0 atom stereocenters. The number of methoxy groups -OCH3 is 3. The van der Waals surface area contributed by atoms with Crippen LogP contribution in [-0.2, 0) is 27.1 Å². The molecule has 0 radical (unpaired) electrons. The predicted octanol–water partition coefficient (Wildman–Crippen LogP) is 26.8. The third-order valence-electron chi connectivity index (χ3n) is 20.9. The van der Waals surface area contributed by atoms with Gasteiger partial charge in [0.25, 0.3) is 5.91 Å². The van der Waals surface area contributed by atoms with Gasteiger partial charge in [0.1, 0.15) is 17.2 Å². The molecule has 113 heavy (non-hydrogen) atoms. The van der Waals surface area contributed by atoms with Gasteiger partial charge in [-0.05, 0) is 285 Å². The molecule has 5 aromatic heterocycles. The number of aromatic nitrogens is 5. The van der Waals surface area contributed by atoms with Crippen LogP contribution < -0.4 is 19.5 Å². The van der Waals surface area contributed by atoms with Gasteiger partial charge in [-0.15, -0.1) is 0 Å². The molecule has 0 bridgehead atoms. The zero-order chi connectivity index (χ0) is 81.5. The van der Waals surface area contributed by atoms with E-state index in [1.165, 1.54) is 105 Å². The second kappa shape index (κ2) is 34.6. The van der Waals surface area contributed by atoms with Gasteiger partial charge in [0.05, 0.1) is 26.9 Å². The summed E-state index contributed by atoms with van der Waals surface area (Å²) in [5, 5.41) is 9.76. The van der Waals surface area contributed by atoms with Crippen molar-refractivity contribution in [2.24, 2.45) is 0 Å². The second-order valence-electron chi connectivity index (χ2n) is 35.2. The highest BCUT2D eigenvalue weighted by atomic mass is 35.5. The number of likely N-dealkylation sites (N-methyl/N-ethyl adjacent to an activating group) is 1. The van der Waals surface area contributed by atoms with Crippen LogP contribution in [0, 0.1) is 0 Å². The summed E-state index contributed by atoms with van der Waals surface area (Å²) in [6, 6.07) is 72.4. The molecule has 0 spiro atoms. The molecule has 0 aliphatic heterocycles. The second-order valence-corrected chi connectivity index (χ2v) is 35.7. The minimum Gasteiger partial charge on any atom is -0.496 e. The van der Waals surface area contributed by atoms with Gasteiger partial charge < -0.3 is 49.3 Å². The number of nitrogens with one attached hydrogen (secondary N) is 6. The third kappa shape index (κ3) is 19.7. The highest BCUT2D eigenvalue weighted by molar-refractivity contribution is 6.30. The van der Waals surface area contributed by atoms with Crippen LogP contribution in [0.25, 0.3) is 110 Å². The summed E-state index contributed by atoms with van der Waals surface area (Å²) in [6.45, 7) is 39.6. The Kier molecular flexibility index (Phi) is 25.4. The van der Waals surface area contributed by atoms with Gasteiger partial charge >= 0.3 is 0 Å². The van der Waals surface area contributed by atoms with Crippen LogP contribution in [-0.4, -0.2) is 84.2 Å². The maximum absolute atomic E-state index is 12.3. The van der Waals surface area contributed by atoms with Crippen molar-refractivity contribution in [1.82, 2.24) is 35.1 Å². The molecule has 15 aromatic rings.